The highest BCUT2D eigenvalue weighted by Gasteiger charge is 2.12. The SMILES string of the molecule is COc1cc(CNCc2ccco2)cc(Br)c1OCc1ccc(F)cc1.Cl. The van der Waals surface area contributed by atoms with E-state index in [9.17, 15) is 4.39 Å². The first-order chi connectivity index (χ1) is 12.7. The number of ether oxygens (including phenoxy) is 2. The molecule has 1 N–H and O–H groups in total. The lowest BCUT2D eigenvalue weighted by molar-refractivity contribution is 0.282. The molecule has 0 saturated carbocycles. The zero-order valence-corrected chi connectivity index (χ0v) is 17.1. The van der Waals surface area contributed by atoms with Crippen molar-refractivity contribution in [3.8, 4) is 11.5 Å². The second-order valence-electron chi connectivity index (χ2n) is 5.71. The van der Waals surface area contributed by atoms with Gasteiger partial charge in [-0.15, -0.1) is 12.4 Å². The van der Waals surface area contributed by atoms with Crippen molar-refractivity contribution >= 4 is 28.3 Å². The Morgan fingerprint density at radius 1 is 1.07 bits per heavy atom. The predicted molar refractivity (Wildman–Crippen MR) is 108 cm³/mol. The third-order valence-electron chi connectivity index (χ3n) is 3.79. The number of hydrogen-bond acceptors (Lipinski definition) is 4. The summed E-state index contributed by atoms with van der Waals surface area (Å²) in [4.78, 5) is 0. The van der Waals surface area contributed by atoms with Crippen LogP contribution in [-0.2, 0) is 19.7 Å². The molecule has 0 unspecified atom stereocenters. The van der Waals surface area contributed by atoms with E-state index in [1.54, 1.807) is 25.5 Å². The summed E-state index contributed by atoms with van der Waals surface area (Å²) in [5.41, 5.74) is 1.93. The minimum atomic E-state index is -0.265. The molecule has 0 aliphatic carbocycles. The van der Waals surface area contributed by atoms with Gasteiger partial charge in [0.1, 0.15) is 18.2 Å². The van der Waals surface area contributed by atoms with E-state index in [-0.39, 0.29) is 18.2 Å². The van der Waals surface area contributed by atoms with Crippen molar-refractivity contribution in [1.29, 1.82) is 0 Å². The second kappa shape index (κ2) is 10.3. The Labute approximate surface area is 172 Å². The first-order valence-corrected chi connectivity index (χ1v) is 8.92. The summed E-state index contributed by atoms with van der Waals surface area (Å²) in [6, 6.07) is 13.9. The molecule has 4 nitrogen and oxygen atoms in total. The van der Waals surface area contributed by atoms with E-state index in [1.807, 2.05) is 24.3 Å². The summed E-state index contributed by atoms with van der Waals surface area (Å²) in [6.45, 7) is 1.63. The zero-order valence-electron chi connectivity index (χ0n) is 14.7. The minimum Gasteiger partial charge on any atom is -0.493 e. The van der Waals surface area contributed by atoms with Crippen LogP contribution in [0.4, 0.5) is 4.39 Å². The van der Waals surface area contributed by atoms with Gasteiger partial charge in [-0.3, -0.25) is 0 Å². The number of halogens is 3. The van der Waals surface area contributed by atoms with Gasteiger partial charge in [0.15, 0.2) is 11.5 Å². The molecule has 27 heavy (non-hydrogen) atoms. The molecule has 0 radical (unpaired) electrons. The van der Waals surface area contributed by atoms with E-state index in [0.29, 0.717) is 31.2 Å². The smallest absolute Gasteiger partial charge is 0.175 e. The monoisotopic (exact) mass is 455 g/mol. The van der Waals surface area contributed by atoms with Crippen molar-refractivity contribution in [2.75, 3.05) is 7.11 Å². The van der Waals surface area contributed by atoms with Crippen molar-refractivity contribution in [1.82, 2.24) is 5.32 Å². The van der Waals surface area contributed by atoms with Gasteiger partial charge in [0.05, 0.1) is 24.4 Å². The minimum absolute atomic E-state index is 0. The molecule has 7 heteroatoms. The van der Waals surface area contributed by atoms with Crippen molar-refractivity contribution < 1.29 is 18.3 Å². The van der Waals surface area contributed by atoms with Gasteiger partial charge >= 0.3 is 0 Å². The largest absolute Gasteiger partial charge is 0.493 e. The number of methoxy groups -OCH3 is 1. The normalized spacial score (nSPS) is 10.3. The van der Waals surface area contributed by atoms with Crippen LogP contribution in [-0.4, -0.2) is 7.11 Å². The van der Waals surface area contributed by atoms with Crippen LogP contribution in [0.25, 0.3) is 0 Å². The van der Waals surface area contributed by atoms with Gasteiger partial charge < -0.3 is 19.2 Å². The molecule has 3 rings (SSSR count). The lowest BCUT2D eigenvalue weighted by atomic mass is 10.2. The summed E-state index contributed by atoms with van der Waals surface area (Å²) in [6.07, 6.45) is 1.66. The molecule has 0 aliphatic rings. The number of hydrogen-bond donors (Lipinski definition) is 1. The Morgan fingerprint density at radius 3 is 2.52 bits per heavy atom. The lowest BCUT2D eigenvalue weighted by Crippen LogP contribution is -2.12. The van der Waals surface area contributed by atoms with Gasteiger partial charge in [-0.25, -0.2) is 4.39 Å². The van der Waals surface area contributed by atoms with E-state index in [1.165, 1.54) is 12.1 Å². The Balaban J connectivity index is 0.00000261. The molecule has 3 aromatic rings. The molecule has 0 bridgehead atoms. The Hall–Kier alpha value is -2.02. The van der Waals surface area contributed by atoms with Crippen molar-refractivity contribution in [2.24, 2.45) is 0 Å². The number of benzene rings is 2. The van der Waals surface area contributed by atoms with E-state index in [0.717, 1.165) is 21.4 Å². The van der Waals surface area contributed by atoms with Crippen LogP contribution < -0.4 is 14.8 Å². The first kappa shape index (κ1) is 21.3. The van der Waals surface area contributed by atoms with E-state index in [2.05, 4.69) is 21.2 Å². The lowest BCUT2D eigenvalue weighted by Gasteiger charge is -2.15. The highest BCUT2D eigenvalue weighted by molar-refractivity contribution is 9.10. The zero-order chi connectivity index (χ0) is 18.4. The standard InChI is InChI=1S/C20H19BrFNO3.ClH/c1-24-19-10-15(11-23-12-17-3-2-8-25-17)9-18(21)20(19)26-13-14-4-6-16(22)7-5-14;/h2-10,23H,11-13H2,1H3;1H. The quantitative estimate of drug-likeness (QED) is 0.487. The molecule has 1 aromatic heterocycles. The topological polar surface area (TPSA) is 43.6 Å². The van der Waals surface area contributed by atoms with Crippen LogP contribution >= 0.6 is 28.3 Å². The Kier molecular flexibility index (Phi) is 8.16. The van der Waals surface area contributed by atoms with Crippen LogP contribution in [0, 0.1) is 5.82 Å². The van der Waals surface area contributed by atoms with Crippen LogP contribution in [0.3, 0.4) is 0 Å². The highest BCUT2D eigenvalue weighted by Crippen LogP contribution is 2.37. The molecule has 0 spiro atoms. The fraction of sp³-hybridized carbons (Fsp3) is 0.200. The molecule has 0 saturated heterocycles. The number of nitrogens with one attached hydrogen (secondary N) is 1. The van der Waals surface area contributed by atoms with E-state index in [4.69, 9.17) is 13.9 Å². The summed E-state index contributed by atoms with van der Waals surface area (Å²) in [7, 11) is 1.60. The van der Waals surface area contributed by atoms with Crippen LogP contribution in [0.2, 0.25) is 0 Å². The van der Waals surface area contributed by atoms with Crippen molar-refractivity contribution in [2.45, 2.75) is 19.7 Å². The number of rotatable bonds is 8. The van der Waals surface area contributed by atoms with Gasteiger partial charge in [-0.1, -0.05) is 12.1 Å². The van der Waals surface area contributed by atoms with Gasteiger partial charge in [0, 0.05) is 6.54 Å². The molecule has 0 aliphatic heterocycles. The van der Waals surface area contributed by atoms with Crippen LogP contribution in [0.15, 0.2) is 63.7 Å². The third kappa shape index (κ3) is 5.99. The Bertz CT molecular complexity index is 841. The molecular formula is C20H20BrClFNO3. The fourth-order valence-electron chi connectivity index (χ4n) is 2.49. The van der Waals surface area contributed by atoms with Gasteiger partial charge in [-0.05, 0) is 63.5 Å². The van der Waals surface area contributed by atoms with Crippen LogP contribution in [0.1, 0.15) is 16.9 Å². The Morgan fingerprint density at radius 2 is 1.85 bits per heavy atom. The average molecular weight is 457 g/mol. The molecule has 0 fully saturated rings. The maximum atomic E-state index is 13.0. The fourth-order valence-corrected chi connectivity index (χ4v) is 3.10. The molecular weight excluding hydrogens is 437 g/mol. The molecule has 144 valence electrons. The van der Waals surface area contributed by atoms with Crippen molar-refractivity contribution in [3.63, 3.8) is 0 Å². The van der Waals surface area contributed by atoms with Gasteiger partial charge in [-0.2, -0.15) is 0 Å². The van der Waals surface area contributed by atoms with E-state index < -0.39 is 0 Å². The average Bonchev–Trinajstić information content (AvgIpc) is 3.15. The summed E-state index contributed by atoms with van der Waals surface area (Å²) < 4.78 is 30.4. The van der Waals surface area contributed by atoms with Crippen molar-refractivity contribution in [3.05, 3.63) is 82.0 Å². The predicted octanol–water partition coefficient (Wildman–Crippen LogP) is 5.48. The maximum Gasteiger partial charge on any atom is 0.175 e. The van der Waals surface area contributed by atoms with Crippen LogP contribution in [0.5, 0.6) is 11.5 Å². The molecule has 1 heterocycles. The first-order valence-electron chi connectivity index (χ1n) is 8.12. The number of furan rings is 1. The third-order valence-corrected chi connectivity index (χ3v) is 4.38. The second-order valence-corrected chi connectivity index (χ2v) is 6.56. The summed E-state index contributed by atoms with van der Waals surface area (Å²) >= 11 is 3.54. The summed E-state index contributed by atoms with van der Waals surface area (Å²) in [5, 5.41) is 3.32. The van der Waals surface area contributed by atoms with Gasteiger partial charge in [0.2, 0.25) is 0 Å². The maximum absolute atomic E-state index is 13.0. The molecule has 0 atom stereocenters. The van der Waals surface area contributed by atoms with Gasteiger partial charge in [0.25, 0.3) is 0 Å². The molecule has 2 aromatic carbocycles. The highest BCUT2D eigenvalue weighted by atomic mass is 79.9. The van der Waals surface area contributed by atoms with E-state index >= 15 is 0 Å². The molecule has 0 amide bonds. The summed E-state index contributed by atoms with van der Waals surface area (Å²) in [5.74, 6) is 1.87.